The number of carbonyl (C=O) groups excluding carboxylic acids is 1. The third kappa shape index (κ3) is 3.61. The molecule has 3 nitrogen and oxygen atoms in total. The van der Waals surface area contributed by atoms with E-state index in [1.807, 2.05) is 13.0 Å². The predicted octanol–water partition coefficient (Wildman–Crippen LogP) is 2.98. The second kappa shape index (κ2) is 5.74. The lowest BCUT2D eigenvalue weighted by molar-refractivity contribution is 0.0937. The molecule has 0 heterocycles. The number of amides is 1. The number of benzene rings is 1. The molecule has 94 valence electrons. The van der Waals surface area contributed by atoms with Gasteiger partial charge in [0.25, 0.3) is 5.91 Å². The second-order valence-electron chi connectivity index (χ2n) is 4.33. The summed E-state index contributed by atoms with van der Waals surface area (Å²) in [4.78, 5) is 11.9. The molecule has 3 N–H and O–H groups in total. The molecule has 1 unspecified atom stereocenters. The summed E-state index contributed by atoms with van der Waals surface area (Å²) >= 11 is 3.32. The van der Waals surface area contributed by atoms with E-state index in [4.69, 9.17) is 5.73 Å². The minimum atomic E-state index is -0.0793. The summed E-state index contributed by atoms with van der Waals surface area (Å²) in [5.41, 5.74) is 6.86. The summed E-state index contributed by atoms with van der Waals surface area (Å²) in [7, 11) is 0. The van der Waals surface area contributed by atoms with Gasteiger partial charge in [-0.05, 0) is 43.9 Å². The fourth-order valence-electron chi connectivity index (χ4n) is 1.74. The highest BCUT2D eigenvalue weighted by Crippen LogP contribution is 2.32. The van der Waals surface area contributed by atoms with E-state index in [9.17, 15) is 4.79 Å². The number of nitrogen functional groups attached to an aromatic ring is 1. The maximum atomic E-state index is 11.9. The van der Waals surface area contributed by atoms with Crippen LogP contribution in [0.25, 0.3) is 0 Å². The summed E-state index contributed by atoms with van der Waals surface area (Å²) in [5.74, 6) is 0.574. The van der Waals surface area contributed by atoms with Crippen LogP contribution in [0.15, 0.2) is 22.7 Å². The highest BCUT2D eigenvalue weighted by Gasteiger charge is 2.29. The van der Waals surface area contributed by atoms with Gasteiger partial charge < -0.3 is 11.1 Å². The molecule has 1 aromatic carbocycles. The maximum Gasteiger partial charge on any atom is 0.253 e. The smallest absolute Gasteiger partial charge is 0.253 e. The minimum absolute atomic E-state index is 0. The van der Waals surface area contributed by atoms with Gasteiger partial charge in [0, 0.05) is 16.2 Å². The molecule has 0 bridgehead atoms. The number of nitrogens with one attached hydrogen (secondary N) is 1. The normalized spacial score (nSPS) is 15.9. The zero-order valence-corrected chi connectivity index (χ0v) is 12.0. The first-order chi connectivity index (χ1) is 7.58. The molecule has 1 saturated carbocycles. The van der Waals surface area contributed by atoms with E-state index >= 15 is 0 Å². The molecule has 17 heavy (non-hydrogen) atoms. The Morgan fingerprint density at radius 3 is 2.71 bits per heavy atom. The van der Waals surface area contributed by atoms with Crippen LogP contribution >= 0.6 is 28.3 Å². The molecule has 1 aliphatic carbocycles. The molecule has 0 saturated heterocycles. The van der Waals surface area contributed by atoms with Crippen molar-refractivity contribution in [3.8, 4) is 0 Å². The zero-order valence-electron chi connectivity index (χ0n) is 9.57. The van der Waals surface area contributed by atoms with Crippen molar-refractivity contribution in [3.63, 3.8) is 0 Å². The monoisotopic (exact) mass is 318 g/mol. The molecule has 1 amide bonds. The van der Waals surface area contributed by atoms with Gasteiger partial charge in [0.15, 0.2) is 0 Å². The van der Waals surface area contributed by atoms with Crippen molar-refractivity contribution in [2.45, 2.75) is 25.8 Å². The van der Waals surface area contributed by atoms with Crippen molar-refractivity contribution in [3.05, 3.63) is 28.2 Å². The van der Waals surface area contributed by atoms with E-state index in [1.165, 1.54) is 12.8 Å². The van der Waals surface area contributed by atoms with Gasteiger partial charge in [0.1, 0.15) is 0 Å². The number of nitrogens with two attached hydrogens (primary N) is 1. The largest absolute Gasteiger partial charge is 0.398 e. The lowest BCUT2D eigenvalue weighted by Gasteiger charge is -2.13. The van der Waals surface area contributed by atoms with E-state index in [-0.39, 0.29) is 24.4 Å². The fraction of sp³-hybridized carbons (Fsp3) is 0.417. The number of hydrogen-bond acceptors (Lipinski definition) is 2. The molecule has 0 aromatic heterocycles. The van der Waals surface area contributed by atoms with Crippen molar-refractivity contribution < 1.29 is 4.79 Å². The Morgan fingerprint density at radius 1 is 1.53 bits per heavy atom. The van der Waals surface area contributed by atoms with Crippen LogP contribution in [0.3, 0.4) is 0 Å². The van der Waals surface area contributed by atoms with Crippen molar-refractivity contribution in [2.24, 2.45) is 5.92 Å². The molecule has 0 radical (unpaired) electrons. The van der Waals surface area contributed by atoms with Gasteiger partial charge in [0.05, 0.1) is 5.56 Å². The molecular weight excluding hydrogens is 304 g/mol. The molecule has 1 aliphatic rings. The molecule has 1 atom stereocenters. The van der Waals surface area contributed by atoms with Crippen LogP contribution in [0.5, 0.6) is 0 Å². The number of anilines is 1. The van der Waals surface area contributed by atoms with Gasteiger partial charge in [-0.3, -0.25) is 4.79 Å². The molecule has 0 aliphatic heterocycles. The highest BCUT2D eigenvalue weighted by molar-refractivity contribution is 9.10. The summed E-state index contributed by atoms with van der Waals surface area (Å²) in [6.45, 7) is 2.05. The zero-order chi connectivity index (χ0) is 11.7. The quantitative estimate of drug-likeness (QED) is 0.842. The van der Waals surface area contributed by atoms with Crippen LogP contribution in [-0.4, -0.2) is 11.9 Å². The van der Waals surface area contributed by atoms with Gasteiger partial charge in [-0.15, -0.1) is 12.4 Å². The third-order valence-electron chi connectivity index (χ3n) is 2.95. The Balaban J connectivity index is 0.00000144. The van der Waals surface area contributed by atoms with E-state index in [0.717, 1.165) is 4.47 Å². The van der Waals surface area contributed by atoms with Crippen LogP contribution in [-0.2, 0) is 0 Å². The van der Waals surface area contributed by atoms with E-state index in [0.29, 0.717) is 17.2 Å². The Kier molecular flexibility index (Phi) is 4.83. The fourth-order valence-corrected chi connectivity index (χ4v) is 2.12. The van der Waals surface area contributed by atoms with Crippen LogP contribution in [0.2, 0.25) is 0 Å². The first-order valence-corrected chi connectivity index (χ1v) is 6.23. The Labute approximate surface area is 116 Å². The number of carbonyl (C=O) groups is 1. The number of rotatable bonds is 3. The number of hydrogen-bond donors (Lipinski definition) is 2. The molecule has 5 heteroatoms. The van der Waals surface area contributed by atoms with Gasteiger partial charge >= 0.3 is 0 Å². The van der Waals surface area contributed by atoms with Crippen molar-refractivity contribution in [2.75, 3.05) is 5.73 Å². The maximum absolute atomic E-state index is 11.9. The summed E-state index contributed by atoms with van der Waals surface area (Å²) < 4.78 is 0.886. The van der Waals surface area contributed by atoms with Crippen LogP contribution < -0.4 is 11.1 Å². The molecule has 1 aromatic rings. The van der Waals surface area contributed by atoms with Gasteiger partial charge in [-0.1, -0.05) is 15.9 Å². The summed E-state index contributed by atoms with van der Waals surface area (Å²) in [6, 6.07) is 5.56. The predicted molar refractivity (Wildman–Crippen MR) is 75.5 cm³/mol. The third-order valence-corrected chi connectivity index (χ3v) is 3.44. The van der Waals surface area contributed by atoms with Crippen molar-refractivity contribution >= 4 is 39.9 Å². The van der Waals surface area contributed by atoms with E-state index in [2.05, 4.69) is 21.2 Å². The van der Waals surface area contributed by atoms with Crippen LogP contribution in [0, 0.1) is 5.92 Å². The summed E-state index contributed by atoms with van der Waals surface area (Å²) in [6.07, 6.45) is 2.44. The molecular formula is C12H16BrClN2O. The SMILES string of the molecule is CC(NC(=O)c1ccc(Br)cc1N)C1CC1.Cl. The van der Waals surface area contributed by atoms with Crippen molar-refractivity contribution in [1.82, 2.24) is 5.32 Å². The number of halogens is 2. The lowest BCUT2D eigenvalue weighted by Crippen LogP contribution is -2.34. The van der Waals surface area contributed by atoms with Crippen molar-refractivity contribution in [1.29, 1.82) is 0 Å². The molecule has 2 rings (SSSR count). The van der Waals surface area contributed by atoms with E-state index in [1.54, 1.807) is 12.1 Å². The topological polar surface area (TPSA) is 55.1 Å². The Hall–Kier alpha value is -0.740. The van der Waals surface area contributed by atoms with Crippen LogP contribution in [0.1, 0.15) is 30.1 Å². The highest BCUT2D eigenvalue weighted by atomic mass is 79.9. The average molecular weight is 320 g/mol. The molecule has 0 spiro atoms. The van der Waals surface area contributed by atoms with Crippen LogP contribution in [0.4, 0.5) is 5.69 Å². The standard InChI is InChI=1S/C12H15BrN2O.ClH/c1-7(8-2-3-8)15-12(16)10-5-4-9(13)6-11(10)14;/h4-8H,2-3,14H2,1H3,(H,15,16);1H. The lowest BCUT2D eigenvalue weighted by atomic mass is 10.1. The van der Waals surface area contributed by atoms with Gasteiger partial charge in [-0.2, -0.15) is 0 Å². The first kappa shape index (κ1) is 14.3. The minimum Gasteiger partial charge on any atom is -0.398 e. The van der Waals surface area contributed by atoms with E-state index < -0.39 is 0 Å². The summed E-state index contributed by atoms with van der Waals surface area (Å²) in [5, 5.41) is 2.98. The Morgan fingerprint density at radius 2 is 2.18 bits per heavy atom. The second-order valence-corrected chi connectivity index (χ2v) is 5.25. The van der Waals surface area contributed by atoms with Gasteiger partial charge in [0.2, 0.25) is 0 Å². The molecule has 1 fully saturated rings. The average Bonchev–Trinajstić information content (AvgIpc) is 2.99. The van der Waals surface area contributed by atoms with Gasteiger partial charge in [-0.25, -0.2) is 0 Å². The Bertz CT molecular complexity index is 421. The first-order valence-electron chi connectivity index (χ1n) is 5.44.